The first-order valence-corrected chi connectivity index (χ1v) is 6.84. The molecule has 0 spiro atoms. The van der Waals surface area contributed by atoms with Crippen molar-refractivity contribution in [3.63, 3.8) is 0 Å². The van der Waals surface area contributed by atoms with Crippen molar-refractivity contribution in [2.75, 3.05) is 0 Å². The van der Waals surface area contributed by atoms with E-state index in [0.717, 1.165) is 18.9 Å². The minimum atomic E-state index is -6.02. The summed E-state index contributed by atoms with van der Waals surface area (Å²) in [7, 11) is -6.02. The zero-order valence-corrected chi connectivity index (χ0v) is 10.8. The van der Waals surface area contributed by atoms with E-state index in [9.17, 15) is 31.7 Å². The van der Waals surface area contributed by atoms with Crippen molar-refractivity contribution >= 4 is 15.9 Å². The quantitative estimate of drug-likeness (QED) is 0.350. The first-order valence-electron chi connectivity index (χ1n) is 5.43. The molecule has 0 aliphatic heterocycles. The van der Waals surface area contributed by atoms with E-state index in [4.69, 9.17) is 4.74 Å². The molecule has 116 valence electrons. The van der Waals surface area contributed by atoms with Crippen LogP contribution in [0.3, 0.4) is 0 Å². The second-order valence-electron chi connectivity index (χ2n) is 4.03. The van der Waals surface area contributed by atoms with Gasteiger partial charge in [-0.1, -0.05) is 0 Å². The molecule has 0 N–H and O–H groups in total. The van der Waals surface area contributed by atoms with Crippen LogP contribution in [0.1, 0.15) is 12.8 Å². The van der Waals surface area contributed by atoms with Gasteiger partial charge in [0.2, 0.25) is 5.75 Å². The molecule has 0 saturated heterocycles. The monoisotopic (exact) mass is 328 g/mol. The Morgan fingerprint density at radius 1 is 1.33 bits per heavy atom. The summed E-state index contributed by atoms with van der Waals surface area (Å²) in [5.74, 6) is -2.51. The van der Waals surface area contributed by atoms with Gasteiger partial charge < -0.3 is 19.0 Å². The van der Waals surface area contributed by atoms with Crippen LogP contribution in [0.4, 0.5) is 19.0 Å². The van der Waals surface area contributed by atoms with Crippen LogP contribution in [0.25, 0.3) is 0 Å². The molecule has 0 unspecified atom stereocenters. The van der Waals surface area contributed by atoms with E-state index in [1.54, 1.807) is 0 Å². The van der Waals surface area contributed by atoms with Gasteiger partial charge >= 0.3 is 27.3 Å². The summed E-state index contributed by atoms with van der Waals surface area (Å²) in [6, 6.07) is 1.68. The van der Waals surface area contributed by atoms with Crippen LogP contribution < -0.4 is 8.92 Å². The zero-order chi connectivity index (χ0) is 15.8. The standard InChI is InChI=1S/C9H7F3N2O6S/c10-9(11,12)21(17,18)20-6-3-4-7(19-5-1-2-5)13-8(6)14(15)16/h3-5H,1-2H2. The van der Waals surface area contributed by atoms with E-state index in [-0.39, 0.29) is 12.0 Å². The molecule has 1 fully saturated rings. The third-order valence-electron chi connectivity index (χ3n) is 2.28. The van der Waals surface area contributed by atoms with Crippen molar-refractivity contribution in [3.05, 3.63) is 22.2 Å². The molecule has 1 saturated carbocycles. The van der Waals surface area contributed by atoms with Gasteiger partial charge in [-0.2, -0.15) is 21.6 Å². The summed E-state index contributed by atoms with van der Waals surface area (Å²) in [6.07, 6.45) is 1.31. The van der Waals surface area contributed by atoms with E-state index < -0.39 is 32.1 Å². The van der Waals surface area contributed by atoms with E-state index in [0.29, 0.717) is 6.07 Å². The molecule has 0 bridgehead atoms. The third-order valence-corrected chi connectivity index (χ3v) is 3.25. The second kappa shape index (κ2) is 5.02. The van der Waals surface area contributed by atoms with Crippen LogP contribution in [0.2, 0.25) is 0 Å². The Kier molecular flexibility index (Phi) is 3.65. The predicted octanol–water partition coefficient (Wildman–Crippen LogP) is 1.76. The van der Waals surface area contributed by atoms with Crippen molar-refractivity contribution in [1.29, 1.82) is 0 Å². The summed E-state index contributed by atoms with van der Waals surface area (Å²) < 4.78 is 67.1. The first kappa shape index (κ1) is 15.3. The molecule has 0 amide bonds. The molecular formula is C9H7F3N2O6S. The third kappa shape index (κ3) is 3.51. The lowest BCUT2D eigenvalue weighted by Gasteiger charge is -2.09. The molecular weight excluding hydrogens is 321 g/mol. The van der Waals surface area contributed by atoms with E-state index in [1.165, 1.54) is 0 Å². The number of halogens is 3. The smallest absolute Gasteiger partial charge is 0.456 e. The molecule has 1 heterocycles. The second-order valence-corrected chi connectivity index (χ2v) is 5.57. The average Bonchev–Trinajstić information content (AvgIpc) is 3.13. The van der Waals surface area contributed by atoms with Gasteiger partial charge in [-0.25, -0.2) is 0 Å². The Morgan fingerprint density at radius 2 is 1.95 bits per heavy atom. The molecule has 0 aromatic carbocycles. The molecule has 2 rings (SSSR count). The highest BCUT2D eigenvalue weighted by molar-refractivity contribution is 7.88. The number of aromatic nitrogens is 1. The first-order chi connectivity index (χ1) is 9.60. The fourth-order valence-electron chi connectivity index (χ4n) is 1.20. The number of nitrogens with zero attached hydrogens (tertiary/aromatic N) is 2. The lowest BCUT2D eigenvalue weighted by atomic mass is 10.4. The maximum Gasteiger partial charge on any atom is 0.534 e. The van der Waals surface area contributed by atoms with Gasteiger partial charge in [-0.15, -0.1) is 0 Å². The van der Waals surface area contributed by atoms with E-state index in [1.807, 2.05) is 0 Å². The maximum absolute atomic E-state index is 12.2. The number of rotatable bonds is 5. The van der Waals surface area contributed by atoms with E-state index in [2.05, 4.69) is 9.17 Å². The van der Waals surface area contributed by atoms with Crippen LogP contribution in [0.15, 0.2) is 12.1 Å². The normalized spacial score (nSPS) is 15.6. The summed E-state index contributed by atoms with van der Waals surface area (Å²) in [4.78, 5) is 12.9. The fourth-order valence-corrected chi connectivity index (χ4v) is 1.66. The Morgan fingerprint density at radius 3 is 2.43 bits per heavy atom. The van der Waals surface area contributed by atoms with Crippen LogP contribution in [-0.4, -0.2) is 29.9 Å². The Labute approximate surface area is 115 Å². The number of pyridine rings is 1. The van der Waals surface area contributed by atoms with Gasteiger partial charge in [0, 0.05) is 11.1 Å². The highest BCUT2D eigenvalue weighted by Gasteiger charge is 2.49. The van der Waals surface area contributed by atoms with Crippen LogP contribution in [-0.2, 0) is 10.1 Å². The molecule has 1 aliphatic rings. The maximum atomic E-state index is 12.2. The van der Waals surface area contributed by atoms with Gasteiger partial charge in [0.1, 0.15) is 6.10 Å². The van der Waals surface area contributed by atoms with Gasteiger partial charge in [-0.05, 0) is 23.8 Å². The minimum Gasteiger partial charge on any atom is -0.456 e. The Hall–Kier alpha value is -2.11. The van der Waals surface area contributed by atoms with Crippen LogP contribution >= 0.6 is 0 Å². The largest absolute Gasteiger partial charge is 0.534 e. The van der Waals surface area contributed by atoms with Crippen LogP contribution in [0, 0.1) is 10.1 Å². The summed E-state index contributed by atoms with van der Waals surface area (Å²) in [5, 5.41) is 10.7. The molecule has 1 aromatic rings. The highest BCUT2D eigenvalue weighted by atomic mass is 32.2. The topological polar surface area (TPSA) is 109 Å². The van der Waals surface area contributed by atoms with Crippen molar-refractivity contribution in [1.82, 2.24) is 4.98 Å². The minimum absolute atomic E-state index is 0.150. The van der Waals surface area contributed by atoms with Gasteiger partial charge in [0.15, 0.2) is 0 Å². The summed E-state index contributed by atoms with van der Waals surface area (Å²) in [6.45, 7) is 0. The zero-order valence-electron chi connectivity index (χ0n) is 10.0. The predicted molar refractivity (Wildman–Crippen MR) is 60.1 cm³/mol. The number of hydrogen-bond donors (Lipinski definition) is 0. The van der Waals surface area contributed by atoms with Crippen molar-refractivity contribution in [2.24, 2.45) is 0 Å². The fraction of sp³-hybridized carbons (Fsp3) is 0.444. The van der Waals surface area contributed by atoms with Crippen molar-refractivity contribution < 1.29 is 35.4 Å². The Bertz CT molecular complexity index is 671. The lowest BCUT2D eigenvalue weighted by Crippen LogP contribution is -2.28. The number of ether oxygens (including phenoxy) is 1. The number of hydrogen-bond acceptors (Lipinski definition) is 7. The highest BCUT2D eigenvalue weighted by Crippen LogP contribution is 2.34. The summed E-state index contributed by atoms with van der Waals surface area (Å²) >= 11 is 0. The van der Waals surface area contributed by atoms with Crippen molar-refractivity contribution in [2.45, 2.75) is 24.5 Å². The molecule has 1 aromatic heterocycles. The van der Waals surface area contributed by atoms with Crippen molar-refractivity contribution in [3.8, 4) is 11.6 Å². The number of alkyl halides is 3. The molecule has 0 radical (unpaired) electrons. The lowest BCUT2D eigenvalue weighted by molar-refractivity contribution is -0.390. The molecule has 1 aliphatic carbocycles. The molecule has 21 heavy (non-hydrogen) atoms. The van der Waals surface area contributed by atoms with Gasteiger partial charge in [-0.3, -0.25) is 0 Å². The molecule has 8 nitrogen and oxygen atoms in total. The average molecular weight is 328 g/mol. The Balaban J connectivity index is 2.32. The van der Waals surface area contributed by atoms with Gasteiger partial charge in [0.25, 0.3) is 0 Å². The molecule has 12 heteroatoms. The van der Waals surface area contributed by atoms with Gasteiger partial charge in [0.05, 0.1) is 0 Å². The number of nitro groups is 1. The van der Waals surface area contributed by atoms with Crippen LogP contribution in [0.5, 0.6) is 11.6 Å². The van der Waals surface area contributed by atoms with E-state index >= 15 is 0 Å². The summed E-state index contributed by atoms with van der Waals surface area (Å²) in [5.41, 5.74) is -5.70. The SMILES string of the molecule is O=[N+]([O-])c1nc(OC2CC2)ccc1OS(=O)(=O)C(F)(F)F. The molecule has 0 atom stereocenters.